The minimum absolute atomic E-state index is 0.808. The van der Waals surface area contributed by atoms with Gasteiger partial charge in [0.2, 0.25) is 0 Å². The molecule has 0 N–H and O–H groups in total. The summed E-state index contributed by atoms with van der Waals surface area (Å²) in [6.45, 7) is 5.21. The van der Waals surface area contributed by atoms with Gasteiger partial charge < -0.3 is 4.90 Å². The molecule has 0 aromatic heterocycles. The fourth-order valence-corrected chi connectivity index (χ4v) is 3.83. The van der Waals surface area contributed by atoms with E-state index in [1.165, 1.54) is 49.7 Å². The first-order valence-electron chi connectivity index (χ1n) is 10.4. The van der Waals surface area contributed by atoms with Gasteiger partial charge in [0.1, 0.15) is 0 Å². The number of rotatable bonds is 4. The van der Waals surface area contributed by atoms with Crippen molar-refractivity contribution in [2.45, 2.75) is 64.8 Å². The molecule has 0 unspecified atom stereocenters. The first-order chi connectivity index (χ1) is 13.1. The smallest absolute Gasteiger partial charge is 0.0625 e. The summed E-state index contributed by atoms with van der Waals surface area (Å²) in [6, 6.07) is 16.9. The van der Waals surface area contributed by atoms with Gasteiger partial charge in [-0.15, -0.1) is 0 Å². The molecule has 1 aliphatic carbocycles. The highest BCUT2D eigenvalue weighted by atomic mass is 15.0. The van der Waals surface area contributed by atoms with E-state index in [0.29, 0.717) is 0 Å². The highest BCUT2D eigenvalue weighted by Gasteiger charge is 2.17. The second kappa shape index (κ2) is 11.7. The fraction of sp³-hybridized carbons (Fsp3) is 0.480. The van der Waals surface area contributed by atoms with Crippen LogP contribution in [0.1, 0.15) is 68.1 Å². The van der Waals surface area contributed by atoms with Crippen molar-refractivity contribution in [3.63, 3.8) is 0 Å². The normalized spacial score (nSPS) is 15.4. The molecule has 0 aliphatic heterocycles. The maximum absolute atomic E-state index is 4.08. The molecule has 2 aromatic carbocycles. The Morgan fingerprint density at radius 1 is 0.963 bits per heavy atom. The molecule has 1 saturated carbocycles. The van der Waals surface area contributed by atoms with Gasteiger partial charge in [-0.25, -0.2) is 0 Å². The molecule has 0 radical (unpaired) electrons. The summed E-state index contributed by atoms with van der Waals surface area (Å²) in [7, 11) is 4.33. The second-order valence-electron chi connectivity index (χ2n) is 7.85. The van der Waals surface area contributed by atoms with Crippen LogP contribution in [-0.2, 0) is 6.54 Å². The Balaban J connectivity index is 0.000000244. The van der Waals surface area contributed by atoms with Crippen LogP contribution < -0.4 is 0 Å². The van der Waals surface area contributed by atoms with Gasteiger partial charge in [-0.2, -0.15) is 0 Å². The maximum Gasteiger partial charge on any atom is 0.0625 e. The highest BCUT2D eigenvalue weighted by Crippen LogP contribution is 2.34. The fourth-order valence-electron chi connectivity index (χ4n) is 3.83. The molecule has 0 amide bonds. The van der Waals surface area contributed by atoms with E-state index < -0.39 is 0 Å². The third-order valence-corrected chi connectivity index (χ3v) is 5.12. The number of aliphatic imine (C=N–C) groups is 1. The van der Waals surface area contributed by atoms with Crippen LogP contribution in [0.5, 0.6) is 0 Å². The Hall–Kier alpha value is -1.93. The summed E-state index contributed by atoms with van der Waals surface area (Å²) >= 11 is 0. The number of nitrogens with zero attached hydrogens (tertiary/aromatic N) is 2. The topological polar surface area (TPSA) is 15.6 Å². The number of aryl methyl sites for hydroxylation is 1. The van der Waals surface area contributed by atoms with Crippen LogP contribution in [0.2, 0.25) is 0 Å². The Morgan fingerprint density at radius 2 is 1.63 bits per heavy atom. The molecule has 0 bridgehead atoms. The van der Waals surface area contributed by atoms with E-state index in [1.54, 1.807) is 11.8 Å². The van der Waals surface area contributed by atoms with Crippen molar-refractivity contribution in [3.8, 4) is 0 Å². The molecule has 3 rings (SSSR count). The molecule has 1 aliphatic rings. The van der Waals surface area contributed by atoms with Gasteiger partial charge in [-0.3, -0.25) is 4.99 Å². The SMILES string of the molecule is CC=Nc1ccccc1.Cc1ccc(CN(C)C)c(C2CCCCCC2)c1. The zero-order chi connectivity index (χ0) is 19.5. The van der Waals surface area contributed by atoms with Gasteiger partial charge in [0.15, 0.2) is 0 Å². The van der Waals surface area contributed by atoms with Gasteiger partial charge in [0.25, 0.3) is 0 Å². The Kier molecular flexibility index (Phi) is 9.27. The number of hydrogen-bond donors (Lipinski definition) is 0. The zero-order valence-corrected chi connectivity index (χ0v) is 17.6. The molecule has 146 valence electrons. The average molecular weight is 365 g/mol. The van der Waals surface area contributed by atoms with Crippen molar-refractivity contribution in [1.29, 1.82) is 0 Å². The van der Waals surface area contributed by atoms with Crippen molar-refractivity contribution in [3.05, 3.63) is 65.2 Å². The second-order valence-corrected chi connectivity index (χ2v) is 7.85. The lowest BCUT2D eigenvalue weighted by molar-refractivity contribution is 0.398. The van der Waals surface area contributed by atoms with Crippen molar-refractivity contribution < 1.29 is 0 Å². The quantitative estimate of drug-likeness (QED) is 0.425. The molecule has 0 spiro atoms. The Morgan fingerprint density at radius 3 is 2.22 bits per heavy atom. The molecule has 2 nitrogen and oxygen atoms in total. The van der Waals surface area contributed by atoms with E-state index in [4.69, 9.17) is 0 Å². The van der Waals surface area contributed by atoms with E-state index in [-0.39, 0.29) is 0 Å². The first kappa shape index (κ1) is 21.4. The van der Waals surface area contributed by atoms with Crippen LogP contribution in [0.3, 0.4) is 0 Å². The average Bonchev–Trinajstić information content (AvgIpc) is 2.94. The van der Waals surface area contributed by atoms with Crippen LogP contribution in [0, 0.1) is 6.92 Å². The standard InChI is InChI=1S/C17H27N.C8H9N/c1-14-10-11-16(13-18(2)3)17(12-14)15-8-6-4-5-7-9-15;1-2-9-8-6-4-3-5-7-8/h10-12,15H,4-9,13H2,1-3H3;2-7H,1H3. The summed E-state index contributed by atoms with van der Waals surface area (Å²) < 4.78 is 0. The van der Waals surface area contributed by atoms with E-state index in [1.807, 2.05) is 37.3 Å². The van der Waals surface area contributed by atoms with Crippen LogP contribution in [-0.4, -0.2) is 25.2 Å². The van der Waals surface area contributed by atoms with Gasteiger partial charge in [0.05, 0.1) is 5.69 Å². The first-order valence-corrected chi connectivity index (χ1v) is 10.4. The molecule has 0 heterocycles. The molecule has 2 aromatic rings. The van der Waals surface area contributed by atoms with Crippen LogP contribution in [0.25, 0.3) is 0 Å². The molecule has 2 heteroatoms. The molecular weight excluding hydrogens is 328 g/mol. The van der Waals surface area contributed by atoms with Crippen LogP contribution in [0.4, 0.5) is 5.69 Å². The van der Waals surface area contributed by atoms with Crippen molar-refractivity contribution in [1.82, 2.24) is 4.90 Å². The van der Waals surface area contributed by atoms with Gasteiger partial charge in [-0.05, 0) is 70.0 Å². The zero-order valence-electron chi connectivity index (χ0n) is 17.6. The number of benzene rings is 2. The molecule has 0 atom stereocenters. The third kappa shape index (κ3) is 7.68. The largest absolute Gasteiger partial charge is 0.305 e. The minimum Gasteiger partial charge on any atom is -0.305 e. The van der Waals surface area contributed by atoms with E-state index >= 15 is 0 Å². The molecule has 0 saturated heterocycles. The van der Waals surface area contributed by atoms with Crippen molar-refractivity contribution in [2.75, 3.05) is 14.1 Å². The number of para-hydroxylation sites is 1. The van der Waals surface area contributed by atoms with Gasteiger partial charge in [0, 0.05) is 12.8 Å². The summed E-state index contributed by atoms with van der Waals surface area (Å²) in [5.41, 5.74) is 5.60. The molecule has 1 fully saturated rings. The minimum atomic E-state index is 0.808. The van der Waals surface area contributed by atoms with Gasteiger partial charge in [-0.1, -0.05) is 67.6 Å². The summed E-state index contributed by atoms with van der Waals surface area (Å²) in [5, 5.41) is 0. The van der Waals surface area contributed by atoms with Gasteiger partial charge >= 0.3 is 0 Å². The predicted molar refractivity (Wildman–Crippen MR) is 119 cm³/mol. The summed E-state index contributed by atoms with van der Waals surface area (Å²) in [4.78, 5) is 6.36. The summed E-state index contributed by atoms with van der Waals surface area (Å²) in [5.74, 6) is 0.808. The Bertz CT molecular complexity index is 681. The third-order valence-electron chi connectivity index (χ3n) is 5.12. The molecule has 27 heavy (non-hydrogen) atoms. The lowest BCUT2D eigenvalue weighted by atomic mass is 9.87. The van der Waals surface area contributed by atoms with Crippen molar-refractivity contribution in [2.24, 2.45) is 4.99 Å². The lowest BCUT2D eigenvalue weighted by Crippen LogP contribution is -2.14. The maximum atomic E-state index is 4.08. The van der Waals surface area contributed by atoms with E-state index in [0.717, 1.165) is 18.2 Å². The predicted octanol–water partition coefficient (Wildman–Crippen LogP) is 6.90. The molecular formula is C25H36N2. The number of hydrogen-bond acceptors (Lipinski definition) is 2. The van der Waals surface area contributed by atoms with Crippen LogP contribution in [0.15, 0.2) is 53.5 Å². The monoisotopic (exact) mass is 364 g/mol. The summed E-state index contributed by atoms with van der Waals surface area (Å²) in [6.07, 6.45) is 10.3. The van der Waals surface area contributed by atoms with Crippen molar-refractivity contribution >= 4 is 11.9 Å². The Labute approximate surface area is 166 Å². The lowest BCUT2D eigenvalue weighted by Gasteiger charge is -2.21. The highest BCUT2D eigenvalue weighted by molar-refractivity contribution is 5.60. The van der Waals surface area contributed by atoms with Crippen LogP contribution >= 0.6 is 0 Å². The van der Waals surface area contributed by atoms with E-state index in [2.05, 4.69) is 49.1 Å². The van der Waals surface area contributed by atoms with E-state index in [9.17, 15) is 0 Å².